The van der Waals surface area contributed by atoms with Crippen LogP contribution in [0.15, 0.2) is 97.1 Å². The van der Waals surface area contributed by atoms with Gasteiger partial charge in [0.2, 0.25) is 17.7 Å². The summed E-state index contributed by atoms with van der Waals surface area (Å²) in [6.07, 6.45) is 5.75. The molecule has 6 rings (SSSR count). The summed E-state index contributed by atoms with van der Waals surface area (Å²) >= 11 is 0. The Labute approximate surface area is 304 Å². The Morgan fingerprint density at radius 2 is 0.923 bits per heavy atom. The summed E-state index contributed by atoms with van der Waals surface area (Å²) in [5.41, 5.74) is 2.98. The van der Waals surface area contributed by atoms with Crippen molar-refractivity contribution in [1.82, 2.24) is 0 Å². The summed E-state index contributed by atoms with van der Waals surface area (Å²) in [6.45, 7) is 1.63. The van der Waals surface area contributed by atoms with Crippen molar-refractivity contribution < 1.29 is 28.7 Å². The maximum atomic E-state index is 13.2. The molecule has 2 fully saturated rings. The van der Waals surface area contributed by atoms with Crippen LogP contribution >= 0.6 is 0 Å². The molecule has 0 aromatic heterocycles. The van der Waals surface area contributed by atoms with Crippen molar-refractivity contribution in [3.05, 3.63) is 97.1 Å². The number of carbonyl (C=O) groups excluding carboxylic acids is 4. The van der Waals surface area contributed by atoms with Crippen LogP contribution in [-0.2, 0) is 19.2 Å². The van der Waals surface area contributed by atoms with E-state index in [2.05, 4.69) is 21.3 Å². The van der Waals surface area contributed by atoms with Gasteiger partial charge in [0.25, 0.3) is 0 Å². The fourth-order valence-electron chi connectivity index (χ4n) is 6.97. The number of Topliss-reactive ketones (excluding diaryl/α,β-unsaturated/α-hetero) is 1. The second-order valence-electron chi connectivity index (χ2n) is 13.7. The predicted molar refractivity (Wildman–Crippen MR) is 203 cm³/mol. The number of benzene rings is 4. The Kier molecular flexibility index (Phi) is 11.9. The molecule has 0 saturated heterocycles. The van der Waals surface area contributed by atoms with Gasteiger partial charge < -0.3 is 30.7 Å². The number of hydrogen-bond acceptors (Lipinski definition) is 7. The zero-order valence-corrected chi connectivity index (χ0v) is 29.7. The van der Waals surface area contributed by atoms with E-state index in [0.29, 0.717) is 46.5 Å². The molecule has 10 heteroatoms. The molecular weight excluding hydrogens is 656 g/mol. The molecule has 4 aromatic carbocycles. The summed E-state index contributed by atoms with van der Waals surface area (Å²) in [4.78, 5) is 50.7. The molecule has 52 heavy (non-hydrogen) atoms. The number of carbonyl (C=O) groups is 4. The highest BCUT2D eigenvalue weighted by molar-refractivity contribution is 5.96. The molecular formula is C42H46N4O6. The van der Waals surface area contributed by atoms with E-state index in [0.717, 1.165) is 50.6 Å². The SMILES string of the molecule is CNc1cccc(Oc2ccc(NC(=O)C3CCCC(C(=O)Nc4ccc(Oc5ccc(NC(=O)C6CCC(C(C)=O)CC6)cc5)cc4)C3)cc2)c1. The van der Waals surface area contributed by atoms with Crippen molar-refractivity contribution in [2.45, 2.75) is 58.3 Å². The minimum absolute atomic E-state index is 0.0133. The summed E-state index contributed by atoms with van der Waals surface area (Å²) in [5, 5.41) is 12.1. The van der Waals surface area contributed by atoms with Crippen molar-refractivity contribution in [2.24, 2.45) is 23.7 Å². The third kappa shape index (κ3) is 9.78. The number of anilines is 4. The molecule has 0 aliphatic heterocycles. The van der Waals surface area contributed by atoms with E-state index < -0.39 is 0 Å². The van der Waals surface area contributed by atoms with Crippen molar-refractivity contribution in [2.75, 3.05) is 28.3 Å². The first kappa shape index (κ1) is 36.2. The first-order valence-corrected chi connectivity index (χ1v) is 18.1. The van der Waals surface area contributed by atoms with E-state index in [1.807, 2.05) is 55.6 Å². The fraction of sp³-hybridized carbons (Fsp3) is 0.333. The smallest absolute Gasteiger partial charge is 0.227 e. The van der Waals surface area contributed by atoms with Crippen LogP contribution in [0, 0.1) is 23.7 Å². The number of hydrogen-bond donors (Lipinski definition) is 4. The molecule has 2 aliphatic carbocycles. The van der Waals surface area contributed by atoms with Crippen LogP contribution in [0.4, 0.5) is 22.7 Å². The van der Waals surface area contributed by atoms with Crippen molar-refractivity contribution in [1.29, 1.82) is 0 Å². The summed E-state index contributed by atoms with van der Waals surface area (Å²) in [6, 6.07) is 29.3. The van der Waals surface area contributed by atoms with Gasteiger partial charge in [0, 0.05) is 59.5 Å². The van der Waals surface area contributed by atoms with Crippen LogP contribution in [-0.4, -0.2) is 30.6 Å². The van der Waals surface area contributed by atoms with Crippen LogP contribution in [0.2, 0.25) is 0 Å². The third-order valence-corrected chi connectivity index (χ3v) is 10.0. The number of ether oxygens (including phenoxy) is 2. The van der Waals surface area contributed by atoms with Gasteiger partial charge in [-0.05, 0) is 137 Å². The van der Waals surface area contributed by atoms with Gasteiger partial charge in [-0.15, -0.1) is 0 Å². The molecule has 2 unspecified atom stereocenters. The Bertz CT molecular complexity index is 1850. The van der Waals surface area contributed by atoms with Gasteiger partial charge in [0.15, 0.2) is 0 Å². The van der Waals surface area contributed by atoms with E-state index >= 15 is 0 Å². The van der Waals surface area contributed by atoms with E-state index in [1.165, 1.54) is 0 Å². The molecule has 2 atom stereocenters. The molecule has 3 amide bonds. The highest BCUT2D eigenvalue weighted by Gasteiger charge is 2.31. The van der Waals surface area contributed by atoms with Crippen LogP contribution in [0.5, 0.6) is 23.0 Å². The van der Waals surface area contributed by atoms with E-state index in [-0.39, 0.29) is 47.2 Å². The maximum absolute atomic E-state index is 13.2. The Morgan fingerprint density at radius 3 is 1.37 bits per heavy atom. The van der Waals surface area contributed by atoms with Gasteiger partial charge in [-0.25, -0.2) is 0 Å². The van der Waals surface area contributed by atoms with E-state index in [9.17, 15) is 19.2 Å². The van der Waals surface area contributed by atoms with Gasteiger partial charge in [0.05, 0.1) is 0 Å². The summed E-state index contributed by atoms with van der Waals surface area (Å²) in [5.74, 6) is 2.10. The highest BCUT2D eigenvalue weighted by Crippen LogP contribution is 2.33. The van der Waals surface area contributed by atoms with Crippen molar-refractivity contribution >= 4 is 46.3 Å². The lowest BCUT2D eigenvalue weighted by molar-refractivity contribution is -0.125. The Hall–Kier alpha value is -5.64. The number of ketones is 1. The van der Waals surface area contributed by atoms with Gasteiger partial charge >= 0.3 is 0 Å². The molecule has 0 radical (unpaired) electrons. The number of amides is 3. The molecule has 10 nitrogen and oxygen atoms in total. The van der Waals surface area contributed by atoms with Crippen molar-refractivity contribution in [3.63, 3.8) is 0 Å². The first-order valence-electron chi connectivity index (χ1n) is 18.1. The zero-order valence-electron chi connectivity index (χ0n) is 29.7. The lowest BCUT2D eigenvalue weighted by atomic mass is 9.80. The Morgan fingerprint density at radius 1 is 0.500 bits per heavy atom. The molecule has 4 aromatic rings. The van der Waals surface area contributed by atoms with Gasteiger partial charge in [-0.3, -0.25) is 19.2 Å². The van der Waals surface area contributed by atoms with Crippen LogP contribution in [0.3, 0.4) is 0 Å². The second-order valence-corrected chi connectivity index (χ2v) is 13.7. The standard InChI is InChI=1S/C42H46N4O6/c1-27(47)28-9-11-29(12-10-28)40(48)44-32-13-19-36(20-14-32)51-37-21-15-33(16-22-37)45-41(49)30-5-3-6-31(25-30)42(50)46-34-17-23-38(24-18-34)52-39-8-4-7-35(26-39)43-2/h4,7-8,13-24,26,28-31,43H,3,5-6,9-12,25H2,1-2H3,(H,44,48)(H,45,49)(H,46,50). The minimum Gasteiger partial charge on any atom is -0.457 e. The van der Waals surface area contributed by atoms with Crippen LogP contribution < -0.4 is 30.7 Å². The molecule has 2 aliphatic rings. The topological polar surface area (TPSA) is 135 Å². The van der Waals surface area contributed by atoms with Crippen LogP contribution in [0.25, 0.3) is 0 Å². The summed E-state index contributed by atoms with van der Waals surface area (Å²) in [7, 11) is 1.85. The summed E-state index contributed by atoms with van der Waals surface area (Å²) < 4.78 is 11.9. The average molecular weight is 703 g/mol. The largest absolute Gasteiger partial charge is 0.457 e. The van der Waals surface area contributed by atoms with Gasteiger partial charge in [0.1, 0.15) is 28.8 Å². The lowest BCUT2D eigenvalue weighted by Crippen LogP contribution is -2.33. The quantitative estimate of drug-likeness (QED) is 0.116. The minimum atomic E-state index is -0.265. The van der Waals surface area contributed by atoms with E-state index in [4.69, 9.17) is 9.47 Å². The Balaban J connectivity index is 0.939. The third-order valence-electron chi connectivity index (χ3n) is 10.0. The molecule has 270 valence electrons. The monoisotopic (exact) mass is 702 g/mol. The predicted octanol–water partition coefficient (Wildman–Crippen LogP) is 9.03. The highest BCUT2D eigenvalue weighted by atomic mass is 16.5. The molecule has 0 spiro atoms. The molecule has 0 heterocycles. The van der Waals surface area contributed by atoms with Gasteiger partial charge in [-0.1, -0.05) is 12.5 Å². The van der Waals surface area contributed by atoms with E-state index in [1.54, 1.807) is 55.5 Å². The normalized spacial score (nSPS) is 19.8. The number of rotatable bonds is 12. The zero-order chi connectivity index (χ0) is 36.5. The maximum Gasteiger partial charge on any atom is 0.227 e. The fourth-order valence-corrected chi connectivity index (χ4v) is 6.97. The molecule has 0 bridgehead atoms. The van der Waals surface area contributed by atoms with Crippen LogP contribution in [0.1, 0.15) is 58.3 Å². The van der Waals surface area contributed by atoms with Crippen molar-refractivity contribution in [3.8, 4) is 23.0 Å². The van der Waals surface area contributed by atoms with Gasteiger partial charge in [-0.2, -0.15) is 0 Å². The lowest BCUT2D eigenvalue weighted by Gasteiger charge is -2.27. The number of nitrogens with one attached hydrogen (secondary N) is 4. The second kappa shape index (κ2) is 17.0. The average Bonchev–Trinajstić information content (AvgIpc) is 3.17. The molecule has 4 N–H and O–H groups in total. The molecule has 2 saturated carbocycles. The first-order chi connectivity index (χ1) is 25.2.